The van der Waals surface area contributed by atoms with Crippen LogP contribution in [0.2, 0.25) is 0 Å². The van der Waals surface area contributed by atoms with Gasteiger partial charge in [-0.3, -0.25) is 0 Å². The van der Waals surface area contributed by atoms with Gasteiger partial charge < -0.3 is 0 Å². The minimum Gasteiger partial charge on any atom is -0.199 e. The Hall–Kier alpha value is -1.16. The predicted molar refractivity (Wildman–Crippen MR) is 87.4 cm³/mol. The van der Waals surface area contributed by atoms with Crippen LogP contribution in [0.25, 0.3) is 0 Å². The van der Waals surface area contributed by atoms with Crippen LogP contribution in [-0.4, -0.2) is 14.1 Å². The van der Waals surface area contributed by atoms with E-state index >= 15 is 0 Å². The molecule has 1 aliphatic rings. The second-order valence-electron chi connectivity index (χ2n) is 6.07. The van der Waals surface area contributed by atoms with Gasteiger partial charge in [0.2, 0.25) is 0 Å². The van der Waals surface area contributed by atoms with E-state index in [2.05, 4.69) is 4.40 Å². The third-order valence-electron chi connectivity index (χ3n) is 4.17. The Morgan fingerprint density at radius 1 is 1.10 bits per heavy atom. The Balaban J connectivity index is 2.34. The van der Waals surface area contributed by atoms with Gasteiger partial charge in [0.25, 0.3) is 10.0 Å². The predicted octanol–water partition coefficient (Wildman–Crippen LogP) is 4.42. The third-order valence-corrected chi connectivity index (χ3v) is 5.48. The van der Waals surface area contributed by atoms with Gasteiger partial charge in [0, 0.05) is 5.71 Å². The van der Waals surface area contributed by atoms with Crippen molar-refractivity contribution in [3.63, 3.8) is 0 Å². The van der Waals surface area contributed by atoms with Gasteiger partial charge in [-0.1, -0.05) is 32.3 Å². The Morgan fingerprint density at radius 3 is 2.19 bits per heavy atom. The van der Waals surface area contributed by atoms with Crippen LogP contribution < -0.4 is 0 Å². The van der Waals surface area contributed by atoms with Crippen LogP contribution in [0, 0.1) is 19.8 Å². The van der Waals surface area contributed by atoms with Crippen molar-refractivity contribution in [2.24, 2.45) is 10.3 Å². The molecule has 1 aliphatic carbocycles. The first-order chi connectivity index (χ1) is 9.92. The van der Waals surface area contributed by atoms with E-state index < -0.39 is 10.0 Å². The molecule has 0 atom stereocenters. The lowest BCUT2D eigenvalue weighted by molar-refractivity contribution is 0.436. The number of nitrogens with zero attached hydrogens (tertiary/aromatic N) is 1. The van der Waals surface area contributed by atoms with Crippen LogP contribution in [0.3, 0.4) is 0 Å². The van der Waals surface area contributed by atoms with Gasteiger partial charge in [-0.05, 0) is 62.3 Å². The quantitative estimate of drug-likeness (QED) is 0.773. The normalized spacial score (nSPS) is 18.0. The van der Waals surface area contributed by atoms with Crippen LogP contribution >= 0.6 is 0 Å². The number of aryl methyl sites for hydroxylation is 2. The largest absolute Gasteiger partial charge is 0.282 e. The molecule has 116 valence electrons. The molecular formula is C17H25NO2S. The summed E-state index contributed by atoms with van der Waals surface area (Å²) in [7, 11) is -3.58. The second-order valence-corrected chi connectivity index (χ2v) is 7.67. The maximum atomic E-state index is 12.6. The lowest BCUT2D eigenvalue weighted by Gasteiger charge is -2.22. The lowest BCUT2D eigenvalue weighted by Crippen LogP contribution is -2.18. The molecule has 0 aliphatic heterocycles. The fourth-order valence-corrected chi connectivity index (χ4v) is 4.51. The molecule has 2 rings (SSSR count). The van der Waals surface area contributed by atoms with E-state index in [0.29, 0.717) is 17.2 Å². The average molecular weight is 307 g/mol. The second kappa shape index (κ2) is 6.73. The van der Waals surface area contributed by atoms with Crippen molar-refractivity contribution in [3.05, 3.63) is 29.3 Å². The van der Waals surface area contributed by atoms with E-state index in [9.17, 15) is 8.42 Å². The van der Waals surface area contributed by atoms with Gasteiger partial charge >= 0.3 is 0 Å². The Morgan fingerprint density at radius 2 is 1.67 bits per heavy atom. The van der Waals surface area contributed by atoms with Gasteiger partial charge in [-0.2, -0.15) is 12.8 Å². The summed E-state index contributed by atoms with van der Waals surface area (Å²) in [6.07, 6.45) is 6.51. The molecule has 0 radical (unpaired) electrons. The zero-order chi connectivity index (χ0) is 15.5. The number of rotatable bonds is 4. The highest BCUT2D eigenvalue weighted by atomic mass is 32.2. The van der Waals surface area contributed by atoms with Gasteiger partial charge in [0.1, 0.15) is 0 Å². The highest BCUT2D eigenvalue weighted by Crippen LogP contribution is 2.27. The van der Waals surface area contributed by atoms with Crippen LogP contribution in [0.1, 0.15) is 56.6 Å². The summed E-state index contributed by atoms with van der Waals surface area (Å²) in [5, 5.41) is 0. The fraction of sp³-hybridized carbons (Fsp3) is 0.588. The number of sulfonamides is 1. The molecule has 0 bridgehead atoms. The van der Waals surface area contributed by atoms with Crippen molar-refractivity contribution in [2.75, 3.05) is 0 Å². The van der Waals surface area contributed by atoms with E-state index in [4.69, 9.17) is 0 Å². The van der Waals surface area contributed by atoms with Crippen molar-refractivity contribution < 1.29 is 8.42 Å². The smallest absolute Gasteiger partial charge is 0.199 e. The molecule has 0 amide bonds. The first kappa shape index (κ1) is 16.2. The van der Waals surface area contributed by atoms with Crippen LogP contribution in [-0.2, 0) is 10.0 Å². The highest BCUT2D eigenvalue weighted by Gasteiger charge is 2.22. The van der Waals surface area contributed by atoms with E-state index in [0.717, 1.165) is 29.7 Å². The van der Waals surface area contributed by atoms with E-state index in [1.807, 2.05) is 26.8 Å². The molecule has 1 fully saturated rings. The molecule has 21 heavy (non-hydrogen) atoms. The van der Waals surface area contributed by atoms with Crippen molar-refractivity contribution in [3.8, 4) is 0 Å². The Bertz CT molecular complexity index is 606. The summed E-state index contributed by atoms with van der Waals surface area (Å²) in [5.74, 6) is 0.351. The molecule has 0 heterocycles. The zero-order valence-corrected chi connectivity index (χ0v) is 14.0. The summed E-state index contributed by atoms with van der Waals surface area (Å²) in [6, 6.07) is 5.39. The molecule has 1 aromatic rings. The van der Waals surface area contributed by atoms with Crippen LogP contribution in [0.5, 0.6) is 0 Å². The number of hydrogen-bond acceptors (Lipinski definition) is 2. The molecule has 0 saturated heterocycles. The van der Waals surface area contributed by atoms with Gasteiger partial charge in [0.05, 0.1) is 4.90 Å². The number of benzene rings is 1. The molecule has 0 aromatic heterocycles. The first-order valence-electron chi connectivity index (χ1n) is 7.84. The topological polar surface area (TPSA) is 46.5 Å². The van der Waals surface area contributed by atoms with E-state index in [1.165, 1.54) is 19.3 Å². The molecule has 1 aromatic carbocycles. The maximum Gasteiger partial charge on any atom is 0.282 e. The minimum absolute atomic E-state index is 0.321. The zero-order valence-electron chi connectivity index (χ0n) is 13.2. The standard InChI is InChI=1S/C17H25NO2S/c1-4-17(15-8-6-5-7-9-15)18-21(19,20)16-11-13(2)10-14(3)12-16/h10-12,15H,4-9H2,1-3H3/b18-17-. The van der Waals surface area contributed by atoms with Gasteiger partial charge in [-0.15, -0.1) is 0 Å². The molecule has 0 unspecified atom stereocenters. The van der Waals surface area contributed by atoms with Crippen molar-refractivity contribution in [1.82, 2.24) is 0 Å². The molecule has 1 saturated carbocycles. The van der Waals surface area contributed by atoms with Crippen molar-refractivity contribution in [2.45, 2.75) is 64.2 Å². The summed E-state index contributed by atoms with van der Waals surface area (Å²) in [4.78, 5) is 0.321. The van der Waals surface area contributed by atoms with Crippen molar-refractivity contribution >= 4 is 15.7 Å². The van der Waals surface area contributed by atoms with E-state index in [1.54, 1.807) is 12.1 Å². The summed E-state index contributed by atoms with van der Waals surface area (Å²) >= 11 is 0. The fourth-order valence-electron chi connectivity index (χ4n) is 3.15. The molecule has 0 N–H and O–H groups in total. The summed E-state index contributed by atoms with van der Waals surface area (Å²) < 4.78 is 29.3. The molecule has 3 nitrogen and oxygen atoms in total. The SMILES string of the molecule is CC/C(=N/S(=O)(=O)c1cc(C)cc(C)c1)C1CCCCC1. The average Bonchev–Trinajstić information content (AvgIpc) is 2.45. The molecule has 4 heteroatoms. The summed E-state index contributed by atoms with van der Waals surface area (Å²) in [6.45, 7) is 5.83. The maximum absolute atomic E-state index is 12.6. The monoisotopic (exact) mass is 307 g/mol. The lowest BCUT2D eigenvalue weighted by atomic mass is 9.85. The molecular weight excluding hydrogens is 282 g/mol. The third kappa shape index (κ3) is 4.16. The summed E-state index contributed by atoms with van der Waals surface area (Å²) in [5.41, 5.74) is 2.77. The van der Waals surface area contributed by atoms with Gasteiger partial charge in [-0.25, -0.2) is 0 Å². The van der Waals surface area contributed by atoms with Gasteiger partial charge in [0.15, 0.2) is 0 Å². The van der Waals surface area contributed by atoms with E-state index in [-0.39, 0.29) is 0 Å². The highest BCUT2D eigenvalue weighted by molar-refractivity contribution is 7.90. The van der Waals surface area contributed by atoms with Crippen LogP contribution in [0.4, 0.5) is 0 Å². The molecule has 0 spiro atoms. The minimum atomic E-state index is -3.58. The van der Waals surface area contributed by atoms with Crippen LogP contribution in [0.15, 0.2) is 27.5 Å². The Kier molecular flexibility index (Phi) is 5.20. The first-order valence-corrected chi connectivity index (χ1v) is 9.28. The number of hydrogen-bond donors (Lipinski definition) is 0. The Labute approximate surface area is 128 Å². The van der Waals surface area contributed by atoms with Crippen molar-refractivity contribution in [1.29, 1.82) is 0 Å².